The van der Waals surface area contributed by atoms with Crippen LogP contribution in [0.15, 0.2) is 0 Å². The molecule has 1 saturated carbocycles. The van der Waals surface area contributed by atoms with E-state index in [2.05, 4.69) is 0 Å². The molecule has 2 nitrogen and oxygen atoms in total. The Kier molecular flexibility index (Phi) is 2.41. The first-order valence-corrected chi connectivity index (χ1v) is 3.70. The van der Waals surface area contributed by atoms with Crippen molar-refractivity contribution in [1.29, 1.82) is 0 Å². The number of halogens is 3. The van der Waals surface area contributed by atoms with E-state index in [0.717, 1.165) is 0 Å². The monoisotopic (exact) mass is 182 g/mol. The molecule has 0 unspecified atom stereocenters. The molecule has 0 heterocycles. The summed E-state index contributed by atoms with van der Waals surface area (Å²) in [6.07, 6.45) is -6.36. The number of hydrogen-bond donors (Lipinski definition) is 1. The van der Waals surface area contributed by atoms with E-state index in [4.69, 9.17) is 5.11 Å². The van der Waals surface area contributed by atoms with E-state index in [1.807, 2.05) is 0 Å². The Morgan fingerprint density at radius 2 is 2.08 bits per heavy atom. The van der Waals surface area contributed by atoms with Crippen LogP contribution in [0.3, 0.4) is 0 Å². The maximum Gasteiger partial charge on any atom is 0.415 e. The highest BCUT2D eigenvalue weighted by molar-refractivity contribution is 5.83. The first-order valence-electron chi connectivity index (χ1n) is 3.70. The molecule has 2 atom stereocenters. The summed E-state index contributed by atoms with van der Waals surface area (Å²) in [6, 6.07) is 0. The van der Waals surface area contributed by atoms with Crippen molar-refractivity contribution < 1.29 is 23.1 Å². The highest BCUT2D eigenvalue weighted by atomic mass is 19.4. The highest BCUT2D eigenvalue weighted by Crippen LogP contribution is 2.33. The molecule has 0 aromatic rings. The lowest BCUT2D eigenvalue weighted by atomic mass is 10.00. The van der Waals surface area contributed by atoms with Gasteiger partial charge in [0.25, 0.3) is 0 Å². The Balaban J connectivity index is 2.63. The van der Waals surface area contributed by atoms with Crippen molar-refractivity contribution in [2.45, 2.75) is 31.5 Å². The van der Waals surface area contributed by atoms with Gasteiger partial charge in [-0.3, -0.25) is 4.79 Å². The zero-order valence-corrected chi connectivity index (χ0v) is 6.27. The van der Waals surface area contributed by atoms with Crippen molar-refractivity contribution in [1.82, 2.24) is 0 Å². The molecule has 0 bridgehead atoms. The highest BCUT2D eigenvalue weighted by Gasteiger charge is 2.47. The predicted molar refractivity (Wildman–Crippen MR) is 34.4 cm³/mol. The van der Waals surface area contributed by atoms with E-state index in [0.29, 0.717) is 6.42 Å². The van der Waals surface area contributed by atoms with Gasteiger partial charge in [0, 0.05) is 6.42 Å². The zero-order chi connectivity index (χ0) is 9.35. The molecule has 1 aliphatic carbocycles. The van der Waals surface area contributed by atoms with Crippen molar-refractivity contribution >= 4 is 5.78 Å². The Bertz CT molecular complexity index is 188. The van der Waals surface area contributed by atoms with E-state index in [1.54, 1.807) is 0 Å². The van der Waals surface area contributed by atoms with E-state index >= 15 is 0 Å². The summed E-state index contributed by atoms with van der Waals surface area (Å²) in [5.41, 5.74) is 0. The van der Waals surface area contributed by atoms with Crippen LogP contribution >= 0.6 is 0 Å². The molecule has 0 saturated heterocycles. The Morgan fingerprint density at radius 1 is 1.50 bits per heavy atom. The van der Waals surface area contributed by atoms with Crippen LogP contribution in [0.2, 0.25) is 0 Å². The van der Waals surface area contributed by atoms with Crippen LogP contribution in [0.4, 0.5) is 13.2 Å². The quantitative estimate of drug-likeness (QED) is 0.663. The maximum atomic E-state index is 11.9. The van der Waals surface area contributed by atoms with E-state index in [9.17, 15) is 18.0 Å². The molecule has 0 aromatic heterocycles. The number of aliphatic hydroxyl groups excluding tert-OH is 1. The number of rotatable bonds is 1. The molecule has 12 heavy (non-hydrogen) atoms. The number of aliphatic hydroxyl groups is 1. The molecule has 1 aliphatic rings. The van der Waals surface area contributed by atoms with Crippen LogP contribution in [-0.2, 0) is 4.79 Å². The van der Waals surface area contributed by atoms with Gasteiger partial charge in [0.15, 0.2) is 6.10 Å². The number of hydrogen-bond acceptors (Lipinski definition) is 2. The number of carbonyl (C=O) groups is 1. The minimum absolute atomic E-state index is 0.152. The Labute approximate surface area is 67.4 Å². The van der Waals surface area contributed by atoms with E-state index in [1.165, 1.54) is 0 Å². The lowest BCUT2D eigenvalue weighted by Crippen LogP contribution is -2.37. The van der Waals surface area contributed by atoms with Crippen LogP contribution in [0.1, 0.15) is 19.3 Å². The summed E-state index contributed by atoms with van der Waals surface area (Å²) in [7, 11) is 0. The topological polar surface area (TPSA) is 37.3 Å². The molecule has 0 aromatic carbocycles. The summed E-state index contributed by atoms with van der Waals surface area (Å²) in [5.74, 6) is -1.69. The average Bonchev–Trinajstić information content (AvgIpc) is 2.31. The SMILES string of the molecule is O=C1CCC[C@H]1[C@@H](O)C(F)(F)F. The average molecular weight is 182 g/mol. The second kappa shape index (κ2) is 3.05. The summed E-state index contributed by atoms with van der Waals surface area (Å²) in [4.78, 5) is 10.8. The molecule has 0 radical (unpaired) electrons. The number of Topliss-reactive ketones (excluding diaryl/α,β-unsaturated/α-hetero) is 1. The largest absolute Gasteiger partial charge is 0.415 e. The lowest BCUT2D eigenvalue weighted by Gasteiger charge is -2.19. The van der Waals surface area contributed by atoms with E-state index in [-0.39, 0.29) is 12.8 Å². The fraction of sp³-hybridized carbons (Fsp3) is 0.857. The molecule has 0 spiro atoms. The molecule has 1 fully saturated rings. The summed E-state index contributed by atoms with van der Waals surface area (Å²) >= 11 is 0. The first kappa shape index (κ1) is 9.51. The smallest absolute Gasteiger partial charge is 0.383 e. The predicted octanol–water partition coefficient (Wildman–Crippen LogP) is 1.28. The van der Waals surface area contributed by atoms with Gasteiger partial charge >= 0.3 is 6.18 Å². The minimum Gasteiger partial charge on any atom is -0.383 e. The van der Waals surface area contributed by atoms with Crippen molar-refractivity contribution in [3.63, 3.8) is 0 Å². The van der Waals surface area contributed by atoms with Gasteiger partial charge in [-0.1, -0.05) is 0 Å². The van der Waals surface area contributed by atoms with Crippen LogP contribution in [-0.4, -0.2) is 23.2 Å². The standard InChI is InChI=1S/C7H9F3O2/c8-7(9,10)6(12)4-2-1-3-5(4)11/h4,6,12H,1-3H2/t4-,6-/m1/s1. The first-order chi connectivity index (χ1) is 5.43. The molecule has 1 N–H and O–H groups in total. The molecule has 0 amide bonds. The summed E-state index contributed by atoms with van der Waals surface area (Å²) in [5, 5.41) is 8.71. The summed E-state index contributed by atoms with van der Waals surface area (Å²) in [6.45, 7) is 0. The van der Waals surface area contributed by atoms with Gasteiger partial charge in [-0.2, -0.15) is 13.2 Å². The van der Waals surface area contributed by atoms with Crippen molar-refractivity contribution in [3.05, 3.63) is 0 Å². The maximum absolute atomic E-state index is 11.9. The van der Waals surface area contributed by atoms with Crippen LogP contribution in [0, 0.1) is 5.92 Å². The zero-order valence-electron chi connectivity index (χ0n) is 6.27. The van der Waals surface area contributed by atoms with Gasteiger partial charge in [0.05, 0.1) is 5.92 Å². The van der Waals surface area contributed by atoms with Crippen LogP contribution < -0.4 is 0 Å². The Hall–Kier alpha value is -0.580. The fourth-order valence-corrected chi connectivity index (χ4v) is 1.40. The van der Waals surface area contributed by atoms with Gasteiger partial charge in [0.1, 0.15) is 5.78 Å². The number of carbonyl (C=O) groups excluding carboxylic acids is 1. The van der Waals surface area contributed by atoms with Gasteiger partial charge in [-0.15, -0.1) is 0 Å². The van der Waals surface area contributed by atoms with Gasteiger partial charge in [-0.25, -0.2) is 0 Å². The number of ketones is 1. The third-order valence-electron chi connectivity index (χ3n) is 2.07. The van der Waals surface area contributed by atoms with Crippen molar-refractivity contribution in [2.24, 2.45) is 5.92 Å². The minimum atomic E-state index is -4.66. The third-order valence-corrected chi connectivity index (χ3v) is 2.07. The van der Waals surface area contributed by atoms with Crippen LogP contribution in [0.25, 0.3) is 0 Å². The molecule has 0 aliphatic heterocycles. The second-order valence-electron chi connectivity index (χ2n) is 2.95. The lowest BCUT2D eigenvalue weighted by molar-refractivity contribution is -0.217. The molecular formula is C7H9F3O2. The third kappa shape index (κ3) is 1.77. The number of alkyl halides is 3. The molecule has 1 rings (SSSR count). The van der Waals surface area contributed by atoms with Gasteiger partial charge < -0.3 is 5.11 Å². The normalized spacial score (nSPS) is 27.7. The van der Waals surface area contributed by atoms with Crippen LogP contribution in [0.5, 0.6) is 0 Å². The molecule has 5 heteroatoms. The van der Waals surface area contributed by atoms with Crippen molar-refractivity contribution in [2.75, 3.05) is 0 Å². The van der Waals surface area contributed by atoms with Crippen molar-refractivity contribution in [3.8, 4) is 0 Å². The summed E-state index contributed by atoms with van der Waals surface area (Å²) < 4.78 is 35.6. The molecule has 70 valence electrons. The van der Waals surface area contributed by atoms with E-state index < -0.39 is 24.0 Å². The fourth-order valence-electron chi connectivity index (χ4n) is 1.40. The van der Waals surface area contributed by atoms with Gasteiger partial charge in [0.2, 0.25) is 0 Å². The van der Waals surface area contributed by atoms with Gasteiger partial charge in [-0.05, 0) is 12.8 Å². The second-order valence-corrected chi connectivity index (χ2v) is 2.95. The Morgan fingerprint density at radius 3 is 2.42 bits per heavy atom. The molecular weight excluding hydrogens is 173 g/mol.